The molecule has 0 saturated heterocycles. The van der Waals surface area contributed by atoms with Crippen molar-refractivity contribution >= 4 is 23.6 Å². The molecule has 2 rings (SSSR count). The summed E-state index contributed by atoms with van der Waals surface area (Å²) in [6, 6.07) is 16.5. The first-order valence-corrected chi connectivity index (χ1v) is 9.25. The van der Waals surface area contributed by atoms with E-state index < -0.39 is 23.5 Å². The molecule has 0 spiro atoms. The van der Waals surface area contributed by atoms with E-state index in [-0.39, 0.29) is 13.1 Å². The monoisotopic (exact) mass is 397 g/mol. The van der Waals surface area contributed by atoms with Gasteiger partial charge in [0.05, 0.1) is 0 Å². The number of amides is 3. The van der Waals surface area contributed by atoms with E-state index in [1.165, 1.54) is 9.80 Å². The Bertz CT molecular complexity index is 875. The molecule has 0 aliphatic rings. The molecule has 0 radical (unpaired) electrons. The highest BCUT2D eigenvalue weighted by Crippen LogP contribution is 2.20. The number of ether oxygens (including phenoxy) is 1. The minimum Gasteiger partial charge on any atom is -0.443 e. The number of carbonyl (C=O) groups is 3. The molecule has 2 aromatic carbocycles. The Morgan fingerprint density at radius 2 is 1.52 bits per heavy atom. The van der Waals surface area contributed by atoms with Crippen molar-refractivity contribution in [1.82, 2.24) is 4.90 Å². The highest BCUT2D eigenvalue weighted by Gasteiger charge is 2.22. The largest absolute Gasteiger partial charge is 0.443 e. The average Bonchev–Trinajstić information content (AvgIpc) is 2.66. The summed E-state index contributed by atoms with van der Waals surface area (Å²) in [6.07, 6.45) is -0.482. The standard InChI is InChI=1S/C22H27N3O4/c1-22(2,3)29-21(28)24(4)18-12-8-11-17(13-18)15-25(20(27)19(23)26)14-16-9-6-5-7-10-16/h5-13H,14-15H2,1-4H3,(H2,23,26). The Hall–Kier alpha value is -3.35. The van der Waals surface area contributed by atoms with Crippen LogP contribution in [0.5, 0.6) is 0 Å². The van der Waals surface area contributed by atoms with Gasteiger partial charge in [-0.25, -0.2) is 4.79 Å². The lowest BCUT2D eigenvalue weighted by Crippen LogP contribution is -2.39. The maximum absolute atomic E-state index is 12.3. The minimum atomic E-state index is -1.01. The van der Waals surface area contributed by atoms with E-state index in [1.807, 2.05) is 36.4 Å². The van der Waals surface area contributed by atoms with Crippen molar-refractivity contribution < 1.29 is 19.1 Å². The Morgan fingerprint density at radius 1 is 0.931 bits per heavy atom. The summed E-state index contributed by atoms with van der Waals surface area (Å²) in [5.74, 6) is -1.78. The van der Waals surface area contributed by atoms with Gasteiger partial charge in [-0.05, 0) is 44.0 Å². The second-order valence-electron chi connectivity index (χ2n) is 7.72. The number of carbonyl (C=O) groups excluding carboxylic acids is 3. The Morgan fingerprint density at radius 3 is 2.10 bits per heavy atom. The van der Waals surface area contributed by atoms with Gasteiger partial charge in [0, 0.05) is 25.8 Å². The van der Waals surface area contributed by atoms with E-state index in [9.17, 15) is 14.4 Å². The summed E-state index contributed by atoms with van der Waals surface area (Å²) in [4.78, 5) is 38.9. The van der Waals surface area contributed by atoms with Gasteiger partial charge in [0.15, 0.2) is 0 Å². The molecule has 7 nitrogen and oxygen atoms in total. The zero-order valence-electron chi connectivity index (χ0n) is 17.2. The van der Waals surface area contributed by atoms with Gasteiger partial charge in [-0.2, -0.15) is 0 Å². The zero-order valence-corrected chi connectivity index (χ0v) is 17.2. The van der Waals surface area contributed by atoms with Crippen molar-refractivity contribution in [3.63, 3.8) is 0 Å². The van der Waals surface area contributed by atoms with Crippen molar-refractivity contribution in [1.29, 1.82) is 0 Å². The average molecular weight is 397 g/mol. The quantitative estimate of drug-likeness (QED) is 0.785. The van der Waals surface area contributed by atoms with E-state index >= 15 is 0 Å². The van der Waals surface area contributed by atoms with Gasteiger partial charge in [-0.15, -0.1) is 0 Å². The van der Waals surface area contributed by atoms with Crippen LogP contribution < -0.4 is 10.6 Å². The van der Waals surface area contributed by atoms with E-state index in [4.69, 9.17) is 10.5 Å². The molecule has 0 bridgehead atoms. The van der Waals surface area contributed by atoms with Gasteiger partial charge in [0.1, 0.15) is 5.60 Å². The van der Waals surface area contributed by atoms with Crippen molar-refractivity contribution in [3.8, 4) is 0 Å². The molecule has 0 aromatic heterocycles. The smallest absolute Gasteiger partial charge is 0.414 e. The van der Waals surface area contributed by atoms with E-state index in [0.717, 1.165) is 11.1 Å². The maximum Gasteiger partial charge on any atom is 0.414 e. The fourth-order valence-corrected chi connectivity index (χ4v) is 2.68. The highest BCUT2D eigenvalue weighted by molar-refractivity contribution is 6.34. The zero-order chi connectivity index (χ0) is 21.6. The summed E-state index contributed by atoms with van der Waals surface area (Å²) in [6.45, 7) is 5.81. The number of nitrogens with two attached hydrogens (primary N) is 1. The van der Waals surface area contributed by atoms with E-state index in [0.29, 0.717) is 5.69 Å². The summed E-state index contributed by atoms with van der Waals surface area (Å²) < 4.78 is 5.38. The Labute approximate surface area is 171 Å². The summed E-state index contributed by atoms with van der Waals surface area (Å²) in [5.41, 5.74) is 6.86. The molecule has 2 N–H and O–H groups in total. The number of anilines is 1. The molecule has 0 atom stereocenters. The first-order valence-electron chi connectivity index (χ1n) is 9.25. The maximum atomic E-state index is 12.3. The number of nitrogens with zero attached hydrogens (tertiary/aromatic N) is 2. The molecular weight excluding hydrogens is 370 g/mol. The lowest BCUT2D eigenvalue weighted by molar-refractivity contribution is -0.145. The first kappa shape index (κ1) is 21.9. The van der Waals surface area contributed by atoms with Gasteiger partial charge >= 0.3 is 17.9 Å². The molecule has 2 aromatic rings. The van der Waals surface area contributed by atoms with E-state index in [1.54, 1.807) is 46.0 Å². The third kappa shape index (κ3) is 6.64. The molecule has 0 aliphatic heterocycles. The molecule has 3 amide bonds. The Kier molecular flexibility index (Phi) is 6.98. The highest BCUT2D eigenvalue weighted by atomic mass is 16.6. The van der Waals surface area contributed by atoms with Crippen LogP contribution in [0.3, 0.4) is 0 Å². The molecule has 0 unspecified atom stereocenters. The van der Waals surface area contributed by atoms with Crippen molar-refractivity contribution in [2.24, 2.45) is 5.73 Å². The van der Waals surface area contributed by atoms with Crippen LogP contribution in [0.15, 0.2) is 54.6 Å². The van der Waals surface area contributed by atoms with Gasteiger partial charge in [0.25, 0.3) is 0 Å². The number of rotatable bonds is 5. The molecule has 0 fully saturated rings. The summed E-state index contributed by atoms with van der Waals surface area (Å²) >= 11 is 0. The molecule has 29 heavy (non-hydrogen) atoms. The number of hydrogen-bond acceptors (Lipinski definition) is 4. The fourth-order valence-electron chi connectivity index (χ4n) is 2.68. The SMILES string of the molecule is CN(C(=O)OC(C)(C)C)c1cccc(CN(Cc2ccccc2)C(=O)C(N)=O)c1. The van der Waals surface area contributed by atoms with Crippen molar-refractivity contribution in [2.75, 3.05) is 11.9 Å². The lowest BCUT2D eigenvalue weighted by atomic mass is 10.1. The second-order valence-corrected chi connectivity index (χ2v) is 7.72. The fraction of sp³-hybridized carbons (Fsp3) is 0.318. The van der Waals surface area contributed by atoms with Crippen LogP contribution in [-0.2, 0) is 27.4 Å². The molecule has 0 saturated carbocycles. The van der Waals surface area contributed by atoms with Crippen LogP contribution >= 0.6 is 0 Å². The second kappa shape index (κ2) is 9.23. The van der Waals surface area contributed by atoms with Gasteiger partial charge < -0.3 is 15.4 Å². The van der Waals surface area contributed by atoms with Crippen LogP contribution in [-0.4, -0.2) is 35.5 Å². The van der Waals surface area contributed by atoms with Crippen LogP contribution in [0.2, 0.25) is 0 Å². The van der Waals surface area contributed by atoms with Crippen LogP contribution in [0.25, 0.3) is 0 Å². The minimum absolute atomic E-state index is 0.173. The molecule has 154 valence electrons. The first-order chi connectivity index (χ1) is 13.6. The third-order valence-corrected chi connectivity index (χ3v) is 4.05. The third-order valence-electron chi connectivity index (χ3n) is 4.05. The van der Waals surface area contributed by atoms with Crippen molar-refractivity contribution in [3.05, 3.63) is 65.7 Å². The topological polar surface area (TPSA) is 92.9 Å². The molecule has 7 heteroatoms. The Balaban J connectivity index is 2.21. The molecule has 0 heterocycles. The predicted molar refractivity (Wildman–Crippen MR) is 111 cm³/mol. The number of benzene rings is 2. The number of primary amides is 1. The van der Waals surface area contributed by atoms with Crippen LogP contribution in [0.1, 0.15) is 31.9 Å². The normalized spacial score (nSPS) is 10.9. The molecule has 0 aliphatic carbocycles. The summed E-state index contributed by atoms with van der Waals surface area (Å²) in [5, 5.41) is 0. The van der Waals surface area contributed by atoms with E-state index in [2.05, 4.69) is 0 Å². The van der Waals surface area contributed by atoms with Crippen LogP contribution in [0.4, 0.5) is 10.5 Å². The van der Waals surface area contributed by atoms with Gasteiger partial charge in [-0.3, -0.25) is 14.5 Å². The lowest BCUT2D eigenvalue weighted by Gasteiger charge is -2.25. The number of hydrogen-bond donors (Lipinski definition) is 1. The predicted octanol–water partition coefficient (Wildman–Crippen LogP) is 3.07. The molecular formula is C22H27N3O4. The van der Waals surface area contributed by atoms with Gasteiger partial charge in [0.2, 0.25) is 0 Å². The van der Waals surface area contributed by atoms with Crippen LogP contribution in [0, 0.1) is 0 Å². The van der Waals surface area contributed by atoms with Gasteiger partial charge in [-0.1, -0.05) is 42.5 Å². The summed E-state index contributed by atoms with van der Waals surface area (Å²) in [7, 11) is 1.61. The van der Waals surface area contributed by atoms with Crippen molar-refractivity contribution in [2.45, 2.75) is 39.5 Å².